The lowest BCUT2D eigenvalue weighted by Gasteiger charge is -2.36. The van der Waals surface area contributed by atoms with Crippen LogP contribution < -0.4 is 20.9 Å². The number of anilines is 1. The van der Waals surface area contributed by atoms with Crippen molar-refractivity contribution in [2.24, 2.45) is 5.41 Å². The lowest BCUT2D eigenvalue weighted by atomic mass is 9.92. The lowest BCUT2D eigenvalue weighted by Crippen LogP contribution is -2.49. The van der Waals surface area contributed by atoms with Crippen molar-refractivity contribution in [3.63, 3.8) is 0 Å². The molecule has 28 heteroatoms. The summed E-state index contributed by atoms with van der Waals surface area (Å²) in [5, 5.41) is 58.4. The summed E-state index contributed by atoms with van der Waals surface area (Å²) in [5.74, 6) is -4.23. The van der Waals surface area contributed by atoms with Crippen molar-refractivity contribution in [3.05, 3.63) is 130 Å². The third-order valence-corrected chi connectivity index (χ3v) is 13.8. The molecule has 2 heterocycles. The Bertz CT molecular complexity index is 2770. The zero-order valence-electron chi connectivity index (χ0n) is 47.6. The average molecular weight is 1180 g/mol. The molecule has 458 valence electrons. The van der Waals surface area contributed by atoms with Gasteiger partial charge in [-0.05, 0) is 33.1 Å². The van der Waals surface area contributed by atoms with Crippen molar-refractivity contribution in [1.82, 2.24) is 46.4 Å². The normalized spacial score (nSPS) is 14.1. The second-order valence-corrected chi connectivity index (χ2v) is 20.4. The van der Waals surface area contributed by atoms with Crippen LogP contribution in [0.3, 0.4) is 0 Å². The number of hydrogen-bond donors (Lipinski definition) is 6. The zero-order chi connectivity index (χ0) is 61.3. The van der Waals surface area contributed by atoms with Crippen molar-refractivity contribution >= 4 is 63.8 Å². The SMILES string of the molecule is CN(O)C(=O)C(Cc1ccccc1)NC(=O)CCOCC(COCCC(=O)NC(Cc1ccccc1)C(=O)N(C)O)(COCCC(=O)NC(Cc1ccccc1)C(=O)N(C)O)COCCC(=O)N1CCN(c2ccc([N+](=O)[O-])c3nonc23)CC1. The first-order chi connectivity index (χ1) is 40.8. The van der Waals surface area contributed by atoms with Gasteiger partial charge in [0.2, 0.25) is 29.1 Å². The first kappa shape index (κ1) is 65.6. The number of likely N-dealkylation sites (N-methyl/N-ethyl adjacent to an activating group) is 3. The van der Waals surface area contributed by atoms with Crippen LogP contribution in [-0.4, -0.2) is 211 Å². The maximum Gasteiger partial charge on any atom is 0.300 e. The lowest BCUT2D eigenvalue weighted by molar-refractivity contribution is -0.383. The predicted molar refractivity (Wildman–Crippen MR) is 301 cm³/mol. The molecule has 1 fully saturated rings. The largest absolute Gasteiger partial charge is 0.380 e. The second-order valence-electron chi connectivity index (χ2n) is 20.4. The number of rotatable bonds is 34. The number of nitrogens with zero attached hydrogens (tertiary/aromatic N) is 8. The van der Waals surface area contributed by atoms with Gasteiger partial charge in [0.1, 0.15) is 18.1 Å². The summed E-state index contributed by atoms with van der Waals surface area (Å²) in [7, 11) is 3.45. The zero-order valence-corrected chi connectivity index (χ0v) is 47.6. The molecular weight excluding hydrogens is 1110 g/mol. The molecule has 6 N–H and O–H groups in total. The van der Waals surface area contributed by atoms with Crippen molar-refractivity contribution in [2.45, 2.75) is 63.1 Å². The summed E-state index contributed by atoms with van der Waals surface area (Å²) < 4.78 is 29.5. The maximum atomic E-state index is 13.7. The summed E-state index contributed by atoms with van der Waals surface area (Å²) >= 11 is 0. The predicted octanol–water partition coefficient (Wildman–Crippen LogP) is 2.12. The van der Waals surface area contributed by atoms with Crippen molar-refractivity contribution < 1.29 is 77.7 Å². The van der Waals surface area contributed by atoms with E-state index in [1.54, 1.807) is 102 Å². The standard InChI is InChI=1S/C57H73N11O17/c1-63(76)54(73)43(33-40-13-7-4-8-14-40)58-48(69)21-29-81-36-57(37-82-30-22-49(70)59-44(55(74)64(2)77)34-41-15-9-5-10-16-41,38-83-31-23-50(71)60-45(56(75)65(3)78)35-42-17-11-6-12-18-42)39-84-32-24-51(72)67-27-25-66(26-28-67)46-19-20-47(68(79)80)53-52(46)61-85-62-53/h4-20,43-45,76-78H,21-39H2,1-3H3,(H,58,69)(H,59,70)(H,60,71). The van der Waals surface area contributed by atoms with E-state index in [9.17, 15) is 59.3 Å². The van der Waals surface area contributed by atoms with Crippen molar-refractivity contribution in [3.8, 4) is 0 Å². The summed E-state index contributed by atoms with van der Waals surface area (Å²) in [6.07, 6.45) is -0.584. The Hall–Kier alpha value is -8.51. The van der Waals surface area contributed by atoms with E-state index < -0.39 is 63.9 Å². The molecule has 0 aliphatic carbocycles. The highest BCUT2D eigenvalue weighted by Gasteiger charge is 2.35. The quantitative estimate of drug-likeness (QED) is 0.0149. The van der Waals surface area contributed by atoms with Crippen LogP contribution in [-0.2, 0) is 71.8 Å². The molecule has 28 nitrogen and oxygen atoms in total. The smallest absolute Gasteiger partial charge is 0.300 e. The van der Waals surface area contributed by atoms with E-state index in [-0.39, 0.29) is 120 Å². The third-order valence-electron chi connectivity index (χ3n) is 13.8. The van der Waals surface area contributed by atoms with Gasteiger partial charge in [0.25, 0.3) is 17.7 Å². The Morgan fingerprint density at radius 1 is 0.553 bits per heavy atom. The van der Waals surface area contributed by atoms with Crippen LogP contribution in [0.2, 0.25) is 0 Å². The highest BCUT2D eigenvalue weighted by molar-refractivity contribution is 5.94. The second kappa shape index (κ2) is 33.1. The van der Waals surface area contributed by atoms with Crippen LogP contribution in [0.15, 0.2) is 108 Å². The molecule has 1 aliphatic rings. The molecule has 1 aromatic heterocycles. The number of nitro benzene ring substituents is 1. The Morgan fingerprint density at radius 3 is 1.26 bits per heavy atom. The molecule has 5 aromatic rings. The third kappa shape index (κ3) is 20.7. The summed E-state index contributed by atoms with van der Waals surface area (Å²) in [5.41, 5.74) is 1.43. The first-order valence-electron chi connectivity index (χ1n) is 27.5. The van der Waals surface area contributed by atoms with Crippen LogP contribution in [0, 0.1) is 15.5 Å². The molecule has 6 rings (SSSR count). The van der Waals surface area contributed by atoms with E-state index in [1.165, 1.54) is 6.07 Å². The minimum Gasteiger partial charge on any atom is -0.380 e. The number of hydroxylamine groups is 6. The van der Waals surface area contributed by atoms with E-state index in [2.05, 4.69) is 26.3 Å². The number of amides is 7. The molecule has 1 saturated heterocycles. The number of carbonyl (C=O) groups excluding carboxylic acids is 7. The molecule has 0 radical (unpaired) electrons. The molecule has 0 bridgehead atoms. The Labute approximate surface area is 489 Å². The first-order valence-corrected chi connectivity index (χ1v) is 27.5. The number of piperazine rings is 1. The average Bonchev–Trinajstić information content (AvgIpc) is 3.37. The van der Waals surface area contributed by atoms with Gasteiger partial charge in [-0.3, -0.25) is 59.3 Å². The van der Waals surface area contributed by atoms with Crippen LogP contribution in [0.1, 0.15) is 42.4 Å². The van der Waals surface area contributed by atoms with E-state index in [0.29, 0.717) is 47.1 Å². The number of ether oxygens (including phenoxy) is 4. The van der Waals surface area contributed by atoms with Gasteiger partial charge >= 0.3 is 5.69 Å². The summed E-state index contributed by atoms with van der Waals surface area (Å²) in [4.78, 5) is 107. The van der Waals surface area contributed by atoms with Gasteiger partial charge in [0, 0.05) is 91.9 Å². The van der Waals surface area contributed by atoms with E-state index in [4.69, 9.17) is 23.6 Å². The molecule has 7 amide bonds. The Kier molecular flexibility index (Phi) is 25.6. The fourth-order valence-corrected chi connectivity index (χ4v) is 9.28. The highest BCUT2D eigenvalue weighted by Crippen LogP contribution is 2.32. The number of fused-ring (bicyclic) bond motifs is 1. The molecule has 3 unspecified atom stereocenters. The molecule has 0 saturated carbocycles. The van der Waals surface area contributed by atoms with Crippen molar-refractivity contribution in [1.29, 1.82) is 0 Å². The Morgan fingerprint density at radius 2 is 0.906 bits per heavy atom. The molecule has 4 aromatic carbocycles. The Balaban J connectivity index is 1.15. The van der Waals surface area contributed by atoms with Gasteiger partial charge < -0.3 is 44.7 Å². The van der Waals surface area contributed by atoms with Gasteiger partial charge in [-0.25, -0.2) is 19.8 Å². The van der Waals surface area contributed by atoms with Gasteiger partial charge in [0.05, 0.1) is 75.3 Å². The van der Waals surface area contributed by atoms with Gasteiger partial charge in [-0.1, -0.05) is 91.0 Å². The number of nitrogens with one attached hydrogen (secondary N) is 3. The van der Waals surface area contributed by atoms with Gasteiger partial charge in [-0.2, -0.15) is 0 Å². The van der Waals surface area contributed by atoms with Crippen LogP contribution in [0.4, 0.5) is 11.4 Å². The van der Waals surface area contributed by atoms with Crippen LogP contribution >= 0.6 is 0 Å². The number of non-ortho nitro benzene ring substituents is 1. The van der Waals surface area contributed by atoms with E-state index in [0.717, 1.165) is 37.8 Å². The topological polar surface area (TPSA) is 351 Å². The molecule has 1 aliphatic heterocycles. The van der Waals surface area contributed by atoms with E-state index >= 15 is 0 Å². The van der Waals surface area contributed by atoms with Crippen molar-refractivity contribution in [2.75, 3.05) is 105 Å². The number of carbonyl (C=O) groups is 7. The molecular formula is C57H73N11O17. The maximum absolute atomic E-state index is 13.7. The van der Waals surface area contributed by atoms with Gasteiger partial charge in [-0.15, -0.1) is 0 Å². The minimum atomic E-state index is -1.29. The minimum absolute atomic E-state index is 0.00495. The van der Waals surface area contributed by atoms with Crippen LogP contribution in [0.25, 0.3) is 11.0 Å². The molecule has 85 heavy (non-hydrogen) atoms. The summed E-state index contributed by atoms with van der Waals surface area (Å²) in [6, 6.07) is 26.2. The molecule has 0 spiro atoms. The highest BCUT2D eigenvalue weighted by atomic mass is 16.6. The van der Waals surface area contributed by atoms with Gasteiger partial charge in [0.15, 0.2) is 5.52 Å². The summed E-state index contributed by atoms with van der Waals surface area (Å²) in [6.45, 7) is -0.327. The number of nitro groups is 1. The van der Waals surface area contributed by atoms with E-state index in [1.807, 2.05) is 4.90 Å². The fraction of sp³-hybridized carbons (Fsp3) is 0.456. The molecule has 3 atom stereocenters. The number of hydrogen-bond acceptors (Lipinski definition) is 20. The monoisotopic (exact) mass is 1180 g/mol. The number of aromatic nitrogens is 2. The number of benzene rings is 4. The van der Waals surface area contributed by atoms with Crippen LogP contribution in [0.5, 0.6) is 0 Å². The fourth-order valence-electron chi connectivity index (χ4n) is 9.28.